The molecule has 19 heavy (non-hydrogen) atoms. The minimum absolute atomic E-state index is 0.0209. The molecule has 0 radical (unpaired) electrons. The van der Waals surface area contributed by atoms with Crippen molar-refractivity contribution in [2.75, 3.05) is 19.0 Å². The average Bonchev–Trinajstić information content (AvgIpc) is 2.37. The molecule has 6 nitrogen and oxygen atoms in total. The molecule has 0 saturated carbocycles. The van der Waals surface area contributed by atoms with Gasteiger partial charge in [0.05, 0.1) is 12.7 Å². The maximum absolute atomic E-state index is 11.5. The summed E-state index contributed by atoms with van der Waals surface area (Å²) >= 11 is 3.16. The van der Waals surface area contributed by atoms with Crippen LogP contribution in [0.3, 0.4) is 0 Å². The third-order valence-corrected chi connectivity index (χ3v) is 2.53. The van der Waals surface area contributed by atoms with Crippen molar-refractivity contribution in [3.63, 3.8) is 0 Å². The lowest BCUT2D eigenvalue weighted by Gasteiger charge is -2.13. The number of carboxylic acid groups (broad SMARTS) is 1. The Morgan fingerprint density at radius 1 is 1.53 bits per heavy atom. The highest BCUT2D eigenvalue weighted by Crippen LogP contribution is 2.32. The van der Waals surface area contributed by atoms with E-state index < -0.39 is 12.1 Å². The van der Waals surface area contributed by atoms with Crippen LogP contribution in [0.5, 0.6) is 5.75 Å². The summed E-state index contributed by atoms with van der Waals surface area (Å²) in [5.41, 5.74) is -0.0750. The number of carbonyl (C=O) groups is 2. The smallest absolute Gasteiger partial charge is 0.412 e. The van der Waals surface area contributed by atoms with Crippen LogP contribution in [0.4, 0.5) is 10.5 Å². The Hall–Kier alpha value is -2.02. The first kappa shape index (κ1) is 15.0. The molecule has 0 aliphatic carbocycles. The van der Waals surface area contributed by atoms with Gasteiger partial charge in [0.1, 0.15) is 18.0 Å². The summed E-state index contributed by atoms with van der Waals surface area (Å²) in [6, 6.07) is 2.89. The van der Waals surface area contributed by atoms with Crippen LogP contribution in [0.1, 0.15) is 10.4 Å². The number of benzene rings is 1. The van der Waals surface area contributed by atoms with Crippen LogP contribution >= 0.6 is 15.9 Å². The number of carbonyl (C=O) groups excluding carboxylic acids is 1. The number of anilines is 1. The van der Waals surface area contributed by atoms with Crippen molar-refractivity contribution in [1.82, 2.24) is 0 Å². The Morgan fingerprint density at radius 2 is 2.21 bits per heavy atom. The lowest BCUT2D eigenvalue weighted by atomic mass is 10.1. The highest BCUT2D eigenvalue weighted by atomic mass is 79.9. The molecule has 0 fully saturated rings. The van der Waals surface area contributed by atoms with Crippen molar-refractivity contribution in [3.8, 4) is 5.75 Å². The minimum atomic E-state index is -1.20. The van der Waals surface area contributed by atoms with Crippen LogP contribution in [-0.2, 0) is 4.74 Å². The number of amides is 1. The van der Waals surface area contributed by atoms with Gasteiger partial charge in [-0.25, -0.2) is 9.59 Å². The van der Waals surface area contributed by atoms with Crippen molar-refractivity contribution in [2.24, 2.45) is 0 Å². The van der Waals surface area contributed by atoms with Gasteiger partial charge in [0.15, 0.2) is 0 Å². The molecule has 0 aliphatic heterocycles. The zero-order valence-electron chi connectivity index (χ0n) is 10.1. The number of aromatic carboxylic acids is 1. The Morgan fingerprint density at radius 3 is 2.74 bits per heavy atom. The Balaban J connectivity index is 3.12. The van der Waals surface area contributed by atoms with E-state index in [1.807, 2.05) is 0 Å². The van der Waals surface area contributed by atoms with Gasteiger partial charge in [0.2, 0.25) is 0 Å². The summed E-state index contributed by atoms with van der Waals surface area (Å²) < 4.78 is 10.3. The first-order valence-electron chi connectivity index (χ1n) is 5.15. The molecule has 2 N–H and O–H groups in total. The SMILES string of the molecule is C=CCOC(=O)Nc1c(OC)cc(Br)cc1C(=O)O. The second-order valence-corrected chi connectivity index (χ2v) is 4.26. The van der Waals surface area contributed by atoms with Gasteiger partial charge >= 0.3 is 12.1 Å². The fraction of sp³-hybridized carbons (Fsp3) is 0.167. The Kier molecular flexibility index (Phi) is 5.37. The molecule has 0 aromatic heterocycles. The average molecular weight is 330 g/mol. The minimum Gasteiger partial charge on any atom is -0.495 e. The van der Waals surface area contributed by atoms with Gasteiger partial charge in [0, 0.05) is 4.47 Å². The largest absolute Gasteiger partial charge is 0.495 e. The molecular weight excluding hydrogens is 318 g/mol. The van der Waals surface area contributed by atoms with Crippen LogP contribution in [0.2, 0.25) is 0 Å². The van der Waals surface area contributed by atoms with Gasteiger partial charge < -0.3 is 14.6 Å². The van der Waals surface area contributed by atoms with Crippen LogP contribution in [0.15, 0.2) is 29.3 Å². The number of carboxylic acids is 1. The summed E-state index contributed by atoms with van der Waals surface area (Å²) in [6.45, 7) is 3.42. The summed E-state index contributed by atoms with van der Waals surface area (Å²) in [5, 5.41) is 11.5. The molecule has 1 aromatic carbocycles. The van der Waals surface area contributed by atoms with E-state index in [2.05, 4.69) is 27.8 Å². The van der Waals surface area contributed by atoms with E-state index in [1.54, 1.807) is 0 Å². The van der Waals surface area contributed by atoms with E-state index in [-0.39, 0.29) is 23.6 Å². The molecular formula is C12H12BrNO5. The maximum Gasteiger partial charge on any atom is 0.412 e. The van der Waals surface area contributed by atoms with Crippen molar-refractivity contribution in [3.05, 3.63) is 34.8 Å². The standard InChI is InChI=1S/C12H12BrNO5/c1-3-4-19-12(17)14-10-8(11(15)16)5-7(13)6-9(10)18-2/h3,5-6H,1,4H2,2H3,(H,14,17)(H,15,16). The molecule has 0 spiro atoms. The third kappa shape index (κ3) is 3.99. The van der Waals surface area contributed by atoms with Crippen molar-refractivity contribution >= 4 is 33.7 Å². The second kappa shape index (κ2) is 6.79. The van der Waals surface area contributed by atoms with Crippen LogP contribution in [-0.4, -0.2) is 30.9 Å². The third-order valence-electron chi connectivity index (χ3n) is 2.08. The monoisotopic (exact) mass is 329 g/mol. The highest BCUT2D eigenvalue weighted by Gasteiger charge is 2.19. The number of ether oxygens (including phenoxy) is 2. The Bertz CT molecular complexity index is 515. The molecule has 1 amide bonds. The highest BCUT2D eigenvalue weighted by molar-refractivity contribution is 9.10. The maximum atomic E-state index is 11.5. The van der Waals surface area contributed by atoms with E-state index in [9.17, 15) is 9.59 Å². The zero-order chi connectivity index (χ0) is 14.4. The van der Waals surface area contributed by atoms with Crippen molar-refractivity contribution < 1.29 is 24.2 Å². The lowest BCUT2D eigenvalue weighted by molar-refractivity contribution is 0.0697. The molecule has 0 bridgehead atoms. The number of methoxy groups -OCH3 is 1. The predicted octanol–water partition coefficient (Wildman–Crippen LogP) is 2.89. The molecule has 0 aliphatic rings. The summed E-state index contributed by atoms with van der Waals surface area (Å²) in [5.74, 6) is -0.985. The fourth-order valence-electron chi connectivity index (χ4n) is 1.31. The van der Waals surface area contributed by atoms with Crippen LogP contribution in [0.25, 0.3) is 0 Å². The van der Waals surface area contributed by atoms with Crippen molar-refractivity contribution in [1.29, 1.82) is 0 Å². The van der Waals surface area contributed by atoms with Gasteiger partial charge in [-0.1, -0.05) is 28.6 Å². The quantitative estimate of drug-likeness (QED) is 0.811. The van der Waals surface area contributed by atoms with Crippen LogP contribution < -0.4 is 10.1 Å². The summed E-state index contributed by atoms with van der Waals surface area (Å²) in [6.07, 6.45) is 0.610. The zero-order valence-corrected chi connectivity index (χ0v) is 11.7. The van der Waals surface area contributed by atoms with Gasteiger partial charge in [0.25, 0.3) is 0 Å². The van der Waals surface area contributed by atoms with E-state index in [1.165, 1.54) is 25.3 Å². The molecule has 102 valence electrons. The normalized spacial score (nSPS) is 9.58. The molecule has 7 heteroatoms. The Labute approximate surface area is 118 Å². The van der Waals surface area contributed by atoms with Gasteiger partial charge in [-0.2, -0.15) is 0 Å². The van der Waals surface area contributed by atoms with Crippen LogP contribution in [0, 0.1) is 0 Å². The molecule has 1 aromatic rings. The molecule has 0 heterocycles. The number of hydrogen-bond acceptors (Lipinski definition) is 4. The van der Waals surface area contributed by atoms with Crippen molar-refractivity contribution in [2.45, 2.75) is 0 Å². The van der Waals surface area contributed by atoms with E-state index >= 15 is 0 Å². The number of hydrogen-bond donors (Lipinski definition) is 2. The molecule has 0 unspecified atom stereocenters. The predicted molar refractivity (Wildman–Crippen MR) is 72.8 cm³/mol. The summed E-state index contributed by atoms with van der Waals surface area (Å²) in [7, 11) is 1.37. The fourth-order valence-corrected chi connectivity index (χ4v) is 1.75. The molecule has 0 saturated heterocycles. The van der Waals surface area contributed by atoms with Gasteiger partial charge in [-0.05, 0) is 12.1 Å². The van der Waals surface area contributed by atoms with E-state index in [0.29, 0.717) is 4.47 Å². The topological polar surface area (TPSA) is 84.9 Å². The lowest BCUT2D eigenvalue weighted by Crippen LogP contribution is -2.17. The molecule has 0 atom stereocenters. The number of nitrogens with one attached hydrogen (secondary N) is 1. The van der Waals surface area contributed by atoms with Gasteiger partial charge in [-0.3, -0.25) is 5.32 Å². The first-order chi connectivity index (χ1) is 8.99. The van der Waals surface area contributed by atoms with E-state index in [0.717, 1.165) is 0 Å². The van der Waals surface area contributed by atoms with E-state index in [4.69, 9.17) is 14.6 Å². The first-order valence-corrected chi connectivity index (χ1v) is 5.94. The van der Waals surface area contributed by atoms with Gasteiger partial charge in [-0.15, -0.1) is 0 Å². The summed E-state index contributed by atoms with van der Waals surface area (Å²) in [4.78, 5) is 22.6. The second-order valence-electron chi connectivity index (χ2n) is 3.35. The number of halogens is 1. The number of rotatable bonds is 5. The molecule has 1 rings (SSSR count).